The Hall–Kier alpha value is -2.76. The van der Waals surface area contributed by atoms with Crippen LogP contribution in [0.15, 0.2) is 53.8 Å². The van der Waals surface area contributed by atoms with Crippen molar-refractivity contribution in [2.45, 2.75) is 46.3 Å². The summed E-state index contributed by atoms with van der Waals surface area (Å²) in [4.78, 5) is 16.9. The van der Waals surface area contributed by atoms with Gasteiger partial charge in [-0.2, -0.15) is 0 Å². The molecule has 0 saturated heterocycles. The van der Waals surface area contributed by atoms with Gasteiger partial charge in [-0.25, -0.2) is 4.99 Å². The zero-order chi connectivity index (χ0) is 19.5. The van der Waals surface area contributed by atoms with Crippen LogP contribution in [0.4, 0.5) is 0 Å². The normalized spacial score (nSPS) is 12.5. The zero-order valence-electron chi connectivity index (χ0n) is 16.5. The van der Waals surface area contributed by atoms with E-state index in [2.05, 4.69) is 32.4 Å². The van der Waals surface area contributed by atoms with Crippen molar-refractivity contribution in [3.05, 3.63) is 59.9 Å². The maximum Gasteiger partial charge on any atom is 0.251 e. The maximum absolute atomic E-state index is 12.3. The lowest BCUT2D eigenvalue weighted by molar-refractivity contribution is 0.0939. The van der Waals surface area contributed by atoms with Crippen molar-refractivity contribution in [3.8, 4) is 0 Å². The second-order valence-electron chi connectivity index (χ2n) is 6.53. The van der Waals surface area contributed by atoms with Gasteiger partial charge in [0.05, 0.1) is 6.54 Å². The molecule has 1 amide bonds. The van der Waals surface area contributed by atoms with Crippen molar-refractivity contribution in [2.24, 2.45) is 4.99 Å². The molecular weight excluding hydrogens is 338 g/mol. The average Bonchev–Trinajstić information content (AvgIpc) is 3.19. The highest BCUT2D eigenvalue weighted by Crippen LogP contribution is 2.07. The fourth-order valence-corrected chi connectivity index (χ4v) is 2.55. The molecule has 6 nitrogen and oxygen atoms in total. The van der Waals surface area contributed by atoms with Crippen LogP contribution < -0.4 is 16.0 Å². The van der Waals surface area contributed by atoms with E-state index in [-0.39, 0.29) is 11.9 Å². The van der Waals surface area contributed by atoms with Crippen LogP contribution in [0.25, 0.3) is 0 Å². The van der Waals surface area contributed by atoms with Crippen LogP contribution in [0.1, 0.15) is 43.1 Å². The van der Waals surface area contributed by atoms with Crippen molar-refractivity contribution < 1.29 is 4.79 Å². The van der Waals surface area contributed by atoms with Crippen LogP contribution >= 0.6 is 0 Å². The number of rotatable bonds is 9. The van der Waals surface area contributed by atoms with E-state index in [1.165, 1.54) is 0 Å². The number of aliphatic imine (C=N–C) groups is 1. The minimum atomic E-state index is -0.0352. The number of hydrogen-bond acceptors (Lipinski definition) is 2. The number of nitrogens with one attached hydrogen (secondary N) is 3. The molecule has 2 rings (SSSR count). The molecule has 0 saturated carbocycles. The molecule has 1 atom stereocenters. The van der Waals surface area contributed by atoms with Gasteiger partial charge in [0.2, 0.25) is 0 Å². The Labute approximate surface area is 162 Å². The quantitative estimate of drug-likeness (QED) is 0.470. The fourth-order valence-electron chi connectivity index (χ4n) is 2.55. The van der Waals surface area contributed by atoms with Gasteiger partial charge in [0.1, 0.15) is 0 Å². The van der Waals surface area contributed by atoms with Crippen molar-refractivity contribution in [1.29, 1.82) is 0 Å². The molecule has 27 heavy (non-hydrogen) atoms. The van der Waals surface area contributed by atoms with Crippen molar-refractivity contribution in [1.82, 2.24) is 20.5 Å². The van der Waals surface area contributed by atoms with Crippen molar-refractivity contribution in [2.75, 3.05) is 13.1 Å². The summed E-state index contributed by atoms with van der Waals surface area (Å²) in [6.45, 7) is 9.09. The minimum absolute atomic E-state index is 0.0352. The van der Waals surface area contributed by atoms with Crippen molar-refractivity contribution in [3.63, 3.8) is 0 Å². The van der Waals surface area contributed by atoms with Gasteiger partial charge in [-0.3, -0.25) is 4.79 Å². The first-order valence-electron chi connectivity index (χ1n) is 9.65. The number of nitrogens with zero attached hydrogens (tertiary/aromatic N) is 2. The first kappa shape index (κ1) is 20.6. The van der Waals surface area contributed by atoms with E-state index in [4.69, 9.17) is 0 Å². The van der Waals surface area contributed by atoms with Crippen LogP contribution in [0.5, 0.6) is 0 Å². The fraction of sp³-hybridized carbons (Fsp3) is 0.429. The Morgan fingerprint density at radius 2 is 1.93 bits per heavy atom. The molecule has 0 aliphatic heterocycles. The molecule has 1 unspecified atom stereocenters. The molecule has 6 heteroatoms. The monoisotopic (exact) mass is 369 g/mol. The third-order valence-corrected chi connectivity index (χ3v) is 4.27. The Balaban J connectivity index is 1.93. The van der Waals surface area contributed by atoms with Gasteiger partial charge in [-0.05, 0) is 50.1 Å². The smallest absolute Gasteiger partial charge is 0.251 e. The van der Waals surface area contributed by atoms with Gasteiger partial charge in [0.15, 0.2) is 5.96 Å². The summed E-state index contributed by atoms with van der Waals surface area (Å²) in [6.07, 6.45) is 5.00. The van der Waals surface area contributed by atoms with Gasteiger partial charge in [0.25, 0.3) is 5.91 Å². The van der Waals surface area contributed by atoms with Gasteiger partial charge in [-0.15, -0.1) is 0 Å². The number of aromatic nitrogens is 1. The Kier molecular flexibility index (Phi) is 8.42. The third kappa shape index (κ3) is 7.17. The van der Waals surface area contributed by atoms with E-state index in [0.29, 0.717) is 12.1 Å². The molecule has 0 aliphatic rings. The maximum atomic E-state index is 12.3. The van der Waals surface area contributed by atoms with E-state index >= 15 is 0 Å². The average molecular weight is 370 g/mol. The predicted octanol–water partition coefficient (Wildman–Crippen LogP) is 2.77. The number of hydrogen-bond donors (Lipinski definition) is 3. The Morgan fingerprint density at radius 1 is 1.15 bits per heavy atom. The van der Waals surface area contributed by atoms with Crippen LogP contribution in [-0.4, -0.2) is 35.6 Å². The van der Waals surface area contributed by atoms with Crippen molar-refractivity contribution >= 4 is 11.9 Å². The summed E-state index contributed by atoms with van der Waals surface area (Å²) in [5.41, 5.74) is 1.68. The van der Waals surface area contributed by atoms with E-state index in [1.807, 2.05) is 62.6 Å². The summed E-state index contributed by atoms with van der Waals surface area (Å²) < 4.78 is 2.12. The van der Waals surface area contributed by atoms with Crippen LogP contribution in [-0.2, 0) is 13.1 Å². The molecule has 146 valence electrons. The highest BCUT2D eigenvalue weighted by molar-refractivity contribution is 5.94. The molecule has 0 radical (unpaired) electrons. The van der Waals surface area contributed by atoms with Gasteiger partial charge >= 0.3 is 0 Å². The summed E-state index contributed by atoms with van der Waals surface area (Å²) in [7, 11) is 0. The molecule has 1 aromatic carbocycles. The molecule has 1 heterocycles. The van der Waals surface area contributed by atoms with Crippen LogP contribution in [0.3, 0.4) is 0 Å². The van der Waals surface area contributed by atoms with E-state index in [0.717, 1.165) is 37.6 Å². The summed E-state index contributed by atoms with van der Waals surface area (Å²) >= 11 is 0. The number of guanidine groups is 1. The first-order chi connectivity index (χ1) is 13.1. The highest BCUT2D eigenvalue weighted by Gasteiger charge is 2.09. The van der Waals surface area contributed by atoms with E-state index in [9.17, 15) is 4.79 Å². The Morgan fingerprint density at radius 3 is 2.63 bits per heavy atom. The number of amides is 1. The lowest BCUT2D eigenvalue weighted by Crippen LogP contribution is -2.38. The Bertz CT molecular complexity index is 724. The summed E-state index contributed by atoms with van der Waals surface area (Å²) in [6, 6.07) is 11.9. The minimum Gasteiger partial charge on any atom is -0.357 e. The van der Waals surface area contributed by atoms with Crippen LogP contribution in [0, 0.1) is 0 Å². The second kappa shape index (κ2) is 11.1. The van der Waals surface area contributed by atoms with Crippen LogP contribution in [0.2, 0.25) is 0 Å². The number of carbonyl (C=O) groups excluding carboxylic acids is 1. The zero-order valence-corrected chi connectivity index (χ0v) is 16.5. The third-order valence-electron chi connectivity index (χ3n) is 4.27. The summed E-state index contributed by atoms with van der Waals surface area (Å²) in [5, 5.41) is 9.59. The molecule has 0 spiro atoms. The largest absolute Gasteiger partial charge is 0.357 e. The SMILES string of the molecule is CCNC(=NCc1cccc(C(=O)NC(C)CC)c1)NCCn1cccc1. The summed E-state index contributed by atoms with van der Waals surface area (Å²) in [5.74, 6) is 0.742. The molecule has 0 fully saturated rings. The second-order valence-corrected chi connectivity index (χ2v) is 6.53. The molecule has 0 bridgehead atoms. The molecule has 2 aromatic rings. The van der Waals surface area contributed by atoms with E-state index in [1.54, 1.807) is 0 Å². The molecule has 3 N–H and O–H groups in total. The predicted molar refractivity (Wildman–Crippen MR) is 111 cm³/mol. The standard InChI is InChI=1S/C21H31N5O/c1-4-17(3)25-20(27)19-10-8-9-18(15-19)16-24-21(22-5-2)23-11-14-26-12-6-7-13-26/h6-10,12-13,15,17H,4-5,11,14,16H2,1-3H3,(H,25,27)(H2,22,23,24). The topological polar surface area (TPSA) is 70.4 Å². The number of carbonyl (C=O) groups is 1. The molecule has 0 aliphatic carbocycles. The highest BCUT2D eigenvalue weighted by atomic mass is 16.1. The number of benzene rings is 1. The molecular formula is C21H31N5O. The van der Waals surface area contributed by atoms with Gasteiger partial charge < -0.3 is 20.5 Å². The lowest BCUT2D eigenvalue weighted by atomic mass is 10.1. The van der Waals surface area contributed by atoms with Gasteiger partial charge in [-0.1, -0.05) is 19.1 Å². The van der Waals surface area contributed by atoms with E-state index < -0.39 is 0 Å². The lowest BCUT2D eigenvalue weighted by Gasteiger charge is -2.13. The first-order valence-corrected chi connectivity index (χ1v) is 9.65. The van der Waals surface area contributed by atoms with Gasteiger partial charge in [0, 0.05) is 43.6 Å². The molecule has 1 aromatic heterocycles.